The van der Waals surface area contributed by atoms with Gasteiger partial charge in [-0.05, 0) is 38.3 Å². The van der Waals surface area contributed by atoms with Gasteiger partial charge >= 0.3 is 0 Å². The lowest BCUT2D eigenvalue weighted by atomic mass is 10.1. The number of piperazine rings is 1. The van der Waals surface area contributed by atoms with Crippen LogP contribution in [0.1, 0.15) is 25.1 Å². The molecule has 4 heterocycles. The summed E-state index contributed by atoms with van der Waals surface area (Å²) in [7, 11) is 0. The summed E-state index contributed by atoms with van der Waals surface area (Å²) in [5.74, 6) is 3.42. The van der Waals surface area contributed by atoms with Crippen LogP contribution in [-0.4, -0.2) is 54.2 Å². The Balaban J connectivity index is 1.45. The van der Waals surface area contributed by atoms with Crippen molar-refractivity contribution in [3.8, 4) is 0 Å². The van der Waals surface area contributed by atoms with Crippen LogP contribution in [0.15, 0.2) is 24.4 Å². The van der Waals surface area contributed by atoms with E-state index >= 15 is 0 Å². The van der Waals surface area contributed by atoms with E-state index in [1.807, 2.05) is 6.92 Å². The summed E-state index contributed by atoms with van der Waals surface area (Å²) >= 11 is 0. The SMILES string of the molecule is Cc1nc(N2CCCCC2)cc(N2CCN(c3ccc(F)cn3)CC2)n1. The van der Waals surface area contributed by atoms with Gasteiger partial charge in [-0.1, -0.05) is 0 Å². The molecule has 4 rings (SSSR count). The molecule has 0 aliphatic carbocycles. The third-order valence-electron chi connectivity index (χ3n) is 5.13. The highest BCUT2D eigenvalue weighted by atomic mass is 19.1. The zero-order valence-corrected chi connectivity index (χ0v) is 15.2. The Labute approximate surface area is 153 Å². The van der Waals surface area contributed by atoms with E-state index in [9.17, 15) is 4.39 Å². The number of rotatable bonds is 3. The van der Waals surface area contributed by atoms with E-state index in [0.717, 1.165) is 62.5 Å². The topological polar surface area (TPSA) is 48.4 Å². The van der Waals surface area contributed by atoms with E-state index in [1.54, 1.807) is 6.07 Å². The number of nitrogens with zero attached hydrogens (tertiary/aromatic N) is 6. The number of pyridine rings is 1. The van der Waals surface area contributed by atoms with E-state index < -0.39 is 0 Å². The Morgan fingerprint density at radius 1 is 0.769 bits per heavy atom. The van der Waals surface area contributed by atoms with Crippen molar-refractivity contribution in [2.75, 3.05) is 54.0 Å². The molecule has 0 atom stereocenters. The molecular weight excluding hydrogens is 331 g/mol. The molecule has 0 aromatic carbocycles. The molecule has 2 saturated heterocycles. The first-order chi connectivity index (χ1) is 12.7. The number of piperidine rings is 1. The number of aryl methyl sites for hydroxylation is 1. The van der Waals surface area contributed by atoms with E-state index in [0.29, 0.717) is 0 Å². The van der Waals surface area contributed by atoms with Gasteiger partial charge in [-0.2, -0.15) is 0 Å². The maximum Gasteiger partial charge on any atom is 0.141 e. The van der Waals surface area contributed by atoms with Crippen LogP contribution >= 0.6 is 0 Å². The first-order valence-electron chi connectivity index (χ1n) is 9.41. The van der Waals surface area contributed by atoms with E-state index in [-0.39, 0.29) is 5.82 Å². The standard InChI is InChI=1S/C19H25FN6/c1-15-22-18(24-7-3-2-4-8-24)13-19(23-15)26-11-9-25(10-12-26)17-6-5-16(20)14-21-17/h5-6,13-14H,2-4,7-12H2,1H3. The molecular formula is C19H25FN6. The van der Waals surface area contributed by atoms with Crippen LogP contribution in [0.3, 0.4) is 0 Å². The van der Waals surface area contributed by atoms with Crippen molar-refractivity contribution in [1.82, 2.24) is 15.0 Å². The van der Waals surface area contributed by atoms with Crippen molar-refractivity contribution in [1.29, 1.82) is 0 Å². The quantitative estimate of drug-likeness (QED) is 0.843. The van der Waals surface area contributed by atoms with E-state index in [2.05, 4.69) is 35.7 Å². The maximum atomic E-state index is 13.1. The van der Waals surface area contributed by atoms with Gasteiger partial charge in [-0.3, -0.25) is 0 Å². The number of anilines is 3. The molecule has 2 aromatic rings. The van der Waals surface area contributed by atoms with Crippen LogP contribution in [0.5, 0.6) is 0 Å². The summed E-state index contributed by atoms with van der Waals surface area (Å²) in [6, 6.07) is 5.34. The van der Waals surface area contributed by atoms with Gasteiger partial charge < -0.3 is 14.7 Å². The fraction of sp³-hybridized carbons (Fsp3) is 0.526. The van der Waals surface area contributed by atoms with Crippen molar-refractivity contribution in [2.24, 2.45) is 0 Å². The second-order valence-electron chi connectivity index (χ2n) is 6.99. The summed E-state index contributed by atoms with van der Waals surface area (Å²) in [4.78, 5) is 20.4. The largest absolute Gasteiger partial charge is 0.356 e. The third kappa shape index (κ3) is 3.71. The minimum atomic E-state index is -0.297. The van der Waals surface area contributed by atoms with E-state index in [4.69, 9.17) is 0 Å². The third-order valence-corrected chi connectivity index (χ3v) is 5.13. The normalized spacial score (nSPS) is 18.3. The summed E-state index contributed by atoms with van der Waals surface area (Å²) < 4.78 is 13.1. The van der Waals surface area contributed by atoms with Gasteiger partial charge in [0.1, 0.15) is 29.1 Å². The van der Waals surface area contributed by atoms with Gasteiger partial charge in [0, 0.05) is 45.3 Å². The zero-order valence-electron chi connectivity index (χ0n) is 15.2. The van der Waals surface area contributed by atoms with Crippen LogP contribution in [0.25, 0.3) is 0 Å². The molecule has 138 valence electrons. The number of hydrogen-bond donors (Lipinski definition) is 0. The highest BCUT2D eigenvalue weighted by Crippen LogP contribution is 2.24. The van der Waals surface area contributed by atoms with Gasteiger partial charge in [0.25, 0.3) is 0 Å². The van der Waals surface area contributed by atoms with Gasteiger partial charge in [0.15, 0.2) is 0 Å². The molecule has 0 unspecified atom stereocenters. The lowest BCUT2D eigenvalue weighted by molar-refractivity contribution is 0.571. The zero-order chi connectivity index (χ0) is 17.9. The molecule has 0 bridgehead atoms. The highest BCUT2D eigenvalue weighted by Gasteiger charge is 2.21. The maximum absolute atomic E-state index is 13.1. The fourth-order valence-electron chi connectivity index (χ4n) is 3.70. The molecule has 0 saturated carbocycles. The molecule has 0 spiro atoms. The molecule has 2 fully saturated rings. The Kier molecular flexibility index (Phi) is 4.86. The number of hydrogen-bond acceptors (Lipinski definition) is 6. The fourth-order valence-corrected chi connectivity index (χ4v) is 3.70. The summed E-state index contributed by atoms with van der Waals surface area (Å²) in [5, 5.41) is 0. The van der Waals surface area contributed by atoms with Crippen molar-refractivity contribution < 1.29 is 4.39 Å². The molecule has 0 amide bonds. The van der Waals surface area contributed by atoms with Crippen LogP contribution in [0, 0.1) is 12.7 Å². The molecule has 2 aliphatic heterocycles. The summed E-state index contributed by atoms with van der Waals surface area (Å²) in [6.07, 6.45) is 5.07. The minimum Gasteiger partial charge on any atom is -0.356 e. The minimum absolute atomic E-state index is 0.297. The smallest absolute Gasteiger partial charge is 0.141 e. The molecule has 2 aliphatic rings. The number of aromatic nitrogens is 3. The lowest BCUT2D eigenvalue weighted by Gasteiger charge is -2.36. The van der Waals surface area contributed by atoms with Gasteiger partial charge in [0.2, 0.25) is 0 Å². The summed E-state index contributed by atoms with van der Waals surface area (Å²) in [5.41, 5.74) is 0. The summed E-state index contributed by atoms with van der Waals surface area (Å²) in [6.45, 7) is 7.57. The Morgan fingerprint density at radius 2 is 1.35 bits per heavy atom. The average Bonchev–Trinajstić information content (AvgIpc) is 2.69. The van der Waals surface area contributed by atoms with Crippen LogP contribution in [0.2, 0.25) is 0 Å². The van der Waals surface area contributed by atoms with Gasteiger partial charge in [-0.15, -0.1) is 0 Å². The van der Waals surface area contributed by atoms with E-state index in [1.165, 1.54) is 31.5 Å². The number of halogens is 1. The second kappa shape index (κ2) is 7.43. The lowest BCUT2D eigenvalue weighted by Crippen LogP contribution is -2.47. The first kappa shape index (κ1) is 17.0. The highest BCUT2D eigenvalue weighted by molar-refractivity contribution is 5.52. The second-order valence-corrected chi connectivity index (χ2v) is 6.99. The molecule has 2 aromatic heterocycles. The Hall–Kier alpha value is -2.44. The van der Waals surface area contributed by atoms with Crippen LogP contribution < -0.4 is 14.7 Å². The monoisotopic (exact) mass is 356 g/mol. The molecule has 0 N–H and O–H groups in total. The van der Waals surface area contributed by atoms with Gasteiger partial charge in [0.05, 0.1) is 6.20 Å². The first-order valence-corrected chi connectivity index (χ1v) is 9.41. The molecule has 0 radical (unpaired) electrons. The Morgan fingerprint density at radius 3 is 1.92 bits per heavy atom. The average molecular weight is 356 g/mol. The predicted octanol–water partition coefficient (Wildman–Crippen LogP) is 2.64. The predicted molar refractivity (Wildman–Crippen MR) is 101 cm³/mol. The van der Waals surface area contributed by atoms with Crippen LogP contribution in [-0.2, 0) is 0 Å². The van der Waals surface area contributed by atoms with Gasteiger partial charge in [-0.25, -0.2) is 19.3 Å². The molecule has 6 nitrogen and oxygen atoms in total. The molecule has 26 heavy (non-hydrogen) atoms. The molecule has 7 heteroatoms. The van der Waals surface area contributed by atoms with Crippen molar-refractivity contribution in [3.63, 3.8) is 0 Å². The van der Waals surface area contributed by atoms with Crippen molar-refractivity contribution in [3.05, 3.63) is 36.0 Å². The van der Waals surface area contributed by atoms with Crippen molar-refractivity contribution >= 4 is 17.5 Å². The Bertz CT molecular complexity index is 736. The van der Waals surface area contributed by atoms with Crippen LogP contribution in [0.4, 0.5) is 21.8 Å². The van der Waals surface area contributed by atoms with Crippen molar-refractivity contribution in [2.45, 2.75) is 26.2 Å².